The normalized spacial score (nSPS) is 17.6. The van der Waals surface area contributed by atoms with Gasteiger partial charge in [0.15, 0.2) is 0 Å². The van der Waals surface area contributed by atoms with E-state index in [9.17, 15) is 0 Å². The number of nitrogens with zero attached hydrogens (tertiary/aromatic N) is 3. The standard InChI is InChI=1S/C18H24N4/c1-2-7-14-22(13-6-1)17(16-9-4-3-5-10-16)15-21-18-19-11-8-12-20-18/h3-5,8-12,17H,1-2,6-7,13-15H2,(H,19,20,21). The van der Waals surface area contributed by atoms with Crippen LogP contribution >= 0.6 is 0 Å². The maximum atomic E-state index is 4.27. The Morgan fingerprint density at radius 3 is 2.27 bits per heavy atom. The number of likely N-dealkylation sites (tertiary alicyclic amines) is 1. The zero-order valence-corrected chi connectivity index (χ0v) is 13.0. The van der Waals surface area contributed by atoms with Gasteiger partial charge in [0.05, 0.1) is 6.04 Å². The first-order chi connectivity index (χ1) is 10.9. The van der Waals surface area contributed by atoms with E-state index in [-0.39, 0.29) is 0 Å². The second kappa shape index (κ2) is 7.90. The van der Waals surface area contributed by atoms with Crippen molar-refractivity contribution in [3.8, 4) is 0 Å². The average Bonchev–Trinajstić information content (AvgIpc) is 2.86. The summed E-state index contributed by atoms with van der Waals surface area (Å²) in [6.45, 7) is 3.20. The molecule has 1 aliphatic rings. The van der Waals surface area contributed by atoms with Crippen LogP contribution in [0.5, 0.6) is 0 Å². The first kappa shape index (κ1) is 15.0. The maximum Gasteiger partial charge on any atom is 0.222 e. The number of benzene rings is 1. The van der Waals surface area contributed by atoms with Crippen molar-refractivity contribution in [2.45, 2.75) is 31.7 Å². The Balaban J connectivity index is 1.73. The third-order valence-electron chi connectivity index (χ3n) is 4.29. The third-order valence-corrected chi connectivity index (χ3v) is 4.29. The molecule has 2 heterocycles. The molecule has 0 radical (unpaired) electrons. The number of nitrogens with one attached hydrogen (secondary N) is 1. The molecule has 22 heavy (non-hydrogen) atoms. The van der Waals surface area contributed by atoms with E-state index in [2.05, 4.69) is 50.5 Å². The van der Waals surface area contributed by atoms with Gasteiger partial charge in [-0.2, -0.15) is 0 Å². The van der Waals surface area contributed by atoms with Gasteiger partial charge in [0.25, 0.3) is 0 Å². The molecule has 116 valence electrons. The fraction of sp³-hybridized carbons (Fsp3) is 0.444. The minimum Gasteiger partial charge on any atom is -0.352 e. The van der Waals surface area contributed by atoms with Gasteiger partial charge in [-0.1, -0.05) is 43.2 Å². The lowest BCUT2D eigenvalue weighted by Crippen LogP contribution is -2.34. The van der Waals surface area contributed by atoms with Gasteiger partial charge in [-0.05, 0) is 37.6 Å². The molecule has 0 amide bonds. The van der Waals surface area contributed by atoms with Crippen LogP contribution in [0.3, 0.4) is 0 Å². The number of hydrogen-bond acceptors (Lipinski definition) is 4. The molecule has 1 aromatic carbocycles. The minimum absolute atomic E-state index is 0.378. The molecule has 1 aromatic heterocycles. The van der Waals surface area contributed by atoms with Gasteiger partial charge in [0, 0.05) is 18.9 Å². The van der Waals surface area contributed by atoms with E-state index in [1.54, 1.807) is 12.4 Å². The summed E-state index contributed by atoms with van der Waals surface area (Å²) >= 11 is 0. The van der Waals surface area contributed by atoms with Gasteiger partial charge in [0.1, 0.15) is 0 Å². The summed E-state index contributed by atoms with van der Waals surface area (Å²) in [6, 6.07) is 13.0. The molecule has 4 heteroatoms. The quantitative estimate of drug-likeness (QED) is 0.917. The zero-order chi connectivity index (χ0) is 15.0. The third kappa shape index (κ3) is 4.04. The van der Waals surface area contributed by atoms with Crippen LogP contribution in [-0.2, 0) is 0 Å². The molecule has 0 bridgehead atoms. The highest BCUT2D eigenvalue weighted by Crippen LogP contribution is 2.24. The molecule has 0 spiro atoms. The smallest absolute Gasteiger partial charge is 0.222 e. The van der Waals surface area contributed by atoms with Gasteiger partial charge < -0.3 is 5.32 Å². The van der Waals surface area contributed by atoms with Crippen molar-refractivity contribution in [3.05, 3.63) is 54.4 Å². The van der Waals surface area contributed by atoms with Crippen molar-refractivity contribution in [1.29, 1.82) is 0 Å². The van der Waals surface area contributed by atoms with Gasteiger partial charge in [-0.3, -0.25) is 4.90 Å². The lowest BCUT2D eigenvalue weighted by atomic mass is 10.0. The summed E-state index contributed by atoms with van der Waals surface area (Å²) in [6.07, 6.45) is 8.86. The second-order valence-electron chi connectivity index (χ2n) is 5.83. The van der Waals surface area contributed by atoms with Crippen LogP contribution in [-0.4, -0.2) is 34.5 Å². The summed E-state index contributed by atoms with van der Waals surface area (Å²) in [5, 5.41) is 3.40. The molecule has 4 nitrogen and oxygen atoms in total. The molecule has 1 atom stereocenters. The molecule has 1 unspecified atom stereocenters. The van der Waals surface area contributed by atoms with E-state index < -0.39 is 0 Å². The van der Waals surface area contributed by atoms with E-state index in [1.807, 2.05) is 6.07 Å². The van der Waals surface area contributed by atoms with E-state index in [1.165, 1.54) is 44.3 Å². The van der Waals surface area contributed by atoms with Crippen molar-refractivity contribution < 1.29 is 0 Å². The van der Waals surface area contributed by atoms with Crippen molar-refractivity contribution in [2.24, 2.45) is 0 Å². The SMILES string of the molecule is c1ccc(C(CNc2ncccn2)N2CCCCCC2)cc1. The predicted molar refractivity (Wildman–Crippen MR) is 89.7 cm³/mol. The van der Waals surface area contributed by atoms with Crippen molar-refractivity contribution >= 4 is 5.95 Å². The topological polar surface area (TPSA) is 41.1 Å². The molecule has 2 aromatic rings. The van der Waals surface area contributed by atoms with E-state index in [4.69, 9.17) is 0 Å². The van der Waals surface area contributed by atoms with Crippen molar-refractivity contribution in [1.82, 2.24) is 14.9 Å². The Morgan fingerprint density at radius 2 is 1.59 bits per heavy atom. The first-order valence-corrected chi connectivity index (χ1v) is 8.23. The Kier molecular flexibility index (Phi) is 5.37. The molecule has 0 saturated carbocycles. The van der Waals surface area contributed by atoms with Crippen LogP contribution < -0.4 is 5.32 Å². The monoisotopic (exact) mass is 296 g/mol. The Hall–Kier alpha value is -1.94. The number of hydrogen-bond donors (Lipinski definition) is 1. The molecule has 0 aliphatic carbocycles. The summed E-state index contributed by atoms with van der Waals surface area (Å²) < 4.78 is 0. The molecular formula is C18H24N4. The maximum absolute atomic E-state index is 4.27. The van der Waals surface area contributed by atoms with Crippen molar-refractivity contribution in [2.75, 3.05) is 25.0 Å². The van der Waals surface area contributed by atoms with E-state index in [0.717, 1.165) is 6.54 Å². The van der Waals surface area contributed by atoms with Crippen LogP contribution in [0, 0.1) is 0 Å². The number of aromatic nitrogens is 2. The molecule has 1 saturated heterocycles. The highest BCUT2D eigenvalue weighted by Gasteiger charge is 2.21. The first-order valence-electron chi connectivity index (χ1n) is 8.23. The van der Waals surface area contributed by atoms with Gasteiger partial charge >= 0.3 is 0 Å². The highest BCUT2D eigenvalue weighted by atomic mass is 15.2. The number of rotatable bonds is 5. The lowest BCUT2D eigenvalue weighted by molar-refractivity contribution is 0.213. The predicted octanol–water partition coefficient (Wildman–Crippen LogP) is 3.51. The lowest BCUT2D eigenvalue weighted by Gasteiger charge is -2.31. The van der Waals surface area contributed by atoms with Crippen LogP contribution in [0.25, 0.3) is 0 Å². The van der Waals surface area contributed by atoms with E-state index >= 15 is 0 Å². The molecule has 1 aliphatic heterocycles. The van der Waals surface area contributed by atoms with Crippen LogP contribution in [0.15, 0.2) is 48.8 Å². The Bertz CT molecular complexity index is 536. The van der Waals surface area contributed by atoms with Crippen molar-refractivity contribution in [3.63, 3.8) is 0 Å². The van der Waals surface area contributed by atoms with Crippen LogP contribution in [0.2, 0.25) is 0 Å². The molecular weight excluding hydrogens is 272 g/mol. The van der Waals surface area contributed by atoms with Gasteiger partial charge in [0.2, 0.25) is 5.95 Å². The molecule has 1 fully saturated rings. The Morgan fingerprint density at radius 1 is 0.909 bits per heavy atom. The van der Waals surface area contributed by atoms with Crippen LogP contribution in [0.4, 0.5) is 5.95 Å². The summed E-state index contributed by atoms with van der Waals surface area (Å²) in [5.41, 5.74) is 1.37. The Labute approximate surface area is 132 Å². The largest absolute Gasteiger partial charge is 0.352 e. The minimum atomic E-state index is 0.378. The second-order valence-corrected chi connectivity index (χ2v) is 5.83. The highest BCUT2D eigenvalue weighted by molar-refractivity contribution is 5.26. The van der Waals surface area contributed by atoms with Gasteiger partial charge in [-0.25, -0.2) is 9.97 Å². The molecule has 3 rings (SSSR count). The summed E-state index contributed by atoms with van der Waals surface area (Å²) in [5.74, 6) is 0.707. The fourth-order valence-electron chi connectivity index (χ4n) is 3.12. The molecule has 1 N–H and O–H groups in total. The number of anilines is 1. The summed E-state index contributed by atoms with van der Waals surface area (Å²) in [4.78, 5) is 11.1. The summed E-state index contributed by atoms with van der Waals surface area (Å²) in [7, 11) is 0. The fourth-order valence-corrected chi connectivity index (χ4v) is 3.12. The van der Waals surface area contributed by atoms with E-state index in [0.29, 0.717) is 12.0 Å². The van der Waals surface area contributed by atoms with Gasteiger partial charge in [-0.15, -0.1) is 0 Å². The van der Waals surface area contributed by atoms with Crippen LogP contribution in [0.1, 0.15) is 37.3 Å². The zero-order valence-electron chi connectivity index (χ0n) is 13.0. The average molecular weight is 296 g/mol.